The van der Waals surface area contributed by atoms with Crippen molar-refractivity contribution in [3.8, 4) is 11.5 Å². The highest BCUT2D eigenvalue weighted by Crippen LogP contribution is 2.38. The van der Waals surface area contributed by atoms with Crippen molar-refractivity contribution in [2.24, 2.45) is 0 Å². The van der Waals surface area contributed by atoms with E-state index in [4.69, 9.17) is 25.8 Å². The van der Waals surface area contributed by atoms with Crippen molar-refractivity contribution < 1.29 is 14.2 Å². The number of nitrogens with one attached hydrogen (secondary N) is 1. The summed E-state index contributed by atoms with van der Waals surface area (Å²) in [5, 5.41) is 3.69. The molecule has 106 valence electrons. The lowest BCUT2D eigenvalue weighted by Crippen LogP contribution is -2.26. The van der Waals surface area contributed by atoms with Gasteiger partial charge in [-0.25, -0.2) is 0 Å². The summed E-state index contributed by atoms with van der Waals surface area (Å²) in [7, 11) is 3.53. The van der Waals surface area contributed by atoms with Gasteiger partial charge in [-0.1, -0.05) is 11.6 Å². The molecular weight excluding hydrogens is 266 g/mol. The van der Waals surface area contributed by atoms with Gasteiger partial charge in [-0.05, 0) is 24.7 Å². The van der Waals surface area contributed by atoms with Gasteiger partial charge in [0.15, 0.2) is 11.5 Å². The molecule has 19 heavy (non-hydrogen) atoms. The second-order valence-corrected chi connectivity index (χ2v) is 4.98. The van der Waals surface area contributed by atoms with Gasteiger partial charge >= 0.3 is 0 Å². The topological polar surface area (TPSA) is 39.7 Å². The van der Waals surface area contributed by atoms with Crippen molar-refractivity contribution in [2.45, 2.75) is 25.5 Å². The van der Waals surface area contributed by atoms with Gasteiger partial charge in [-0.15, -0.1) is 0 Å². The molecular formula is C14H20ClNO3. The Hall–Kier alpha value is -0.970. The van der Waals surface area contributed by atoms with Crippen molar-refractivity contribution in [1.29, 1.82) is 0 Å². The van der Waals surface area contributed by atoms with E-state index < -0.39 is 0 Å². The minimum Gasteiger partial charge on any atom is -0.493 e. The molecule has 1 saturated heterocycles. The Bertz CT molecular complexity index is 419. The zero-order chi connectivity index (χ0) is 13.7. The highest BCUT2D eigenvalue weighted by molar-refractivity contribution is 6.32. The van der Waals surface area contributed by atoms with Crippen molar-refractivity contribution in [1.82, 2.24) is 5.32 Å². The van der Waals surface area contributed by atoms with Gasteiger partial charge in [0.25, 0.3) is 0 Å². The van der Waals surface area contributed by atoms with E-state index in [1.807, 2.05) is 19.2 Å². The molecule has 0 bridgehead atoms. The zero-order valence-corrected chi connectivity index (χ0v) is 12.1. The number of methoxy groups -OCH3 is 1. The lowest BCUT2D eigenvalue weighted by Gasteiger charge is -2.25. The SMILES string of the molecule is CNCc1cc(Cl)c(OC2CCOCC2)c(OC)c1. The molecule has 1 aliphatic rings. The molecule has 0 amide bonds. The second-order valence-electron chi connectivity index (χ2n) is 4.57. The van der Waals surface area contributed by atoms with Crippen molar-refractivity contribution >= 4 is 11.6 Å². The molecule has 4 nitrogen and oxygen atoms in total. The first-order chi connectivity index (χ1) is 9.24. The van der Waals surface area contributed by atoms with Crippen LogP contribution in [0.25, 0.3) is 0 Å². The molecule has 1 aliphatic heterocycles. The van der Waals surface area contributed by atoms with E-state index in [1.54, 1.807) is 7.11 Å². The molecule has 0 aliphatic carbocycles. The van der Waals surface area contributed by atoms with E-state index in [1.165, 1.54) is 0 Å². The van der Waals surface area contributed by atoms with E-state index >= 15 is 0 Å². The van der Waals surface area contributed by atoms with Crippen LogP contribution in [0.3, 0.4) is 0 Å². The molecule has 0 aromatic heterocycles. The fraction of sp³-hybridized carbons (Fsp3) is 0.571. The molecule has 5 heteroatoms. The summed E-state index contributed by atoms with van der Waals surface area (Å²) in [5.41, 5.74) is 1.07. The first-order valence-electron chi connectivity index (χ1n) is 6.50. The largest absolute Gasteiger partial charge is 0.493 e. The lowest BCUT2D eigenvalue weighted by molar-refractivity contribution is 0.0246. The minimum atomic E-state index is 0.148. The fourth-order valence-corrected chi connectivity index (χ4v) is 2.43. The van der Waals surface area contributed by atoms with E-state index in [0.717, 1.165) is 38.2 Å². The third-order valence-electron chi connectivity index (χ3n) is 3.12. The number of rotatable bonds is 5. The summed E-state index contributed by atoms with van der Waals surface area (Å²) in [6.07, 6.45) is 1.92. The number of benzene rings is 1. The highest BCUT2D eigenvalue weighted by atomic mass is 35.5. The van der Waals surface area contributed by atoms with E-state index in [9.17, 15) is 0 Å². The van der Waals surface area contributed by atoms with Crippen LogP contribution in [0.4, 0.5) is 0 Å². The molecule has 2 rings (SSSR count). The third-order valence-corrected chi connectivity index (χ3v) is 3.40. The third kappa shape index (κ3) is 3.75. The number of ether oxygens (including phenoxy) is 3. The molecule has 1 aromatic carbocycles. The van der Waals surface area contributed by atoms with Crippen LogP contribution < -0.4 is 14.8 Å². The number of halogens is 1. The van der Waals surface area contributed by atoms with Crippen molar-refractivity contribution in [3.63, 3.8) is 0 Å². The van der Waals surface area contributed by atoms with Crippen LogP contribution in [0.15, 0.2) is 12.1 Å². The van der Waals surface area contributed by atoms with Crippen LogP contribution in [0.1, 0.15) is 18.4 Å². The standard InChI is InChI=1S/C14H20ClNO3/c1-16-9-10-7-12(15)14(13(8-10)17-2)19-11-3-5-18-6-4-11/h7-8,11,16H,3-6,9H2,1-2H3. The van der Waals surface area contributed by atoms with Gasteiger partial charge in [0.2, 0.25) is 0 Å². The van der Waals surface area contributed by atoms with Gasteiger partial charge < -0.3 is 19.5 Å². The van der Waals surface area contributed by atoms with Crippen LogP contribution in [-0.2, 0) is 11.3 Å². The molecule has 0 atom stereocenters. The summed E-state index contributed by atoms with van der Waals surface area (Å²) >= 11 is 6.30. The van der Waals surface area contributed by atoms with Crippen molar-refractivity contribution in [3.05, 3.63) is 22.7 Å². The average Bonchev–Trinajstić information content (AvgIpc) is 2.43. The summed E-state index contributed by atoms with van der Waals surface area (Å²) in [6.45, 7) is 2.22. The Morgan fingerprint density at radius 2 is 2.11 bits per heavy atom. The monoisotopic (exact) mass is 285 g/mol. The highest BCUT2D eigenvalue weighted by Gasteiger charge is 2.20. The van der Waals surface area contributed by atoms with Crippen LogP contribution in [-0.4, -0.2) is 33.5 Å². The Labute approximate surface area is 119 Å². The molecule has 1 heterocycles. The Morgan fingerprint density at radius 1 is 1.37 bits per heavy atom. The Kier molecular flexibility index (Phi) is 5.31. The van der Waals surface area contributed by atoms with E-state index in [0.29, 0.717) is 16.5 Å². The molecule has 0 unspecified atom stereocenters. The summed E-state index contributed by atoms with van der Waals surface area (Å²) in [4.78, 5) is 0. The van der Waals surface area contributed by atoms with Gasteiger partial charge in [-0.2, -0.15) is 0 Å². The van der Waals surface area contributed by atoms with Crippen LogP contribution in [0.2, 0.25) is 5.02 Å². The molecule has 1 fully saturated rings. The molecule has 0 spiro atoms. The molecule has 0 saturated carbocycles. The summed E-state index contributed by atoms with van der Waals surface area (Å²) < 4.78 is 16.7. The van der Waals surface area contributed by atoms with Crippen LogP contribution in [0.5, 0.6) is 11.5 Å². The maximum Gasteiger partial charge on any atom is 0.180 e. The van der Waals surface area contributed by atoms with E-state index in [-0.39, 0.29) is 6.10 Å². The first kappa shape index (κ1) is 14.4. The van der Waals surface area contributed by atoms with Gasteiger partial charge in [0, 0.05) is 19.4 Å². The predicted octanol–water partition coefficient (Wildman–Crippen LogP) is 2.63. The number of hydrogen-bond donors (Lipinski definition) is 1. The van der Waals surface area contributed by atoms with Crippen LogP contribution >= 0.6 is 11.6 Å². The van der Waals surface area contributed by atoms with E-state index in [2.05, 4.69) is 5.32 Å². The Balaban J connectivity index is 2.17. The maximum atomic E-state index is 6.30. The molecule has 1 aromatic rings. The predicted molar refractivity (Wildman–Crippen MR) is 75.2 cm³/mol. The first-order valence-corrected chi connectivity index (χ1v) is 6.87. The maximum absolute atomic E-state index is 6.30. The van der Waals surface area contributed by atoms with Gasteiger partial charge in [-0.3, -0.25) is 0 Å². The van der Waals surface area contributed by atoms with Crippen molar-refractivity contribution in [2.75, 3.05) is 27.4 Å². The summed E-state index contributed by atoms with van der Waals surface area (Å²) in [6, 6.07) is 3.87. The fourth-order valence-electron chi connectivity index (χ4n) is 2.15. The minimum absolute atomic E-state index is 0.148. The molecule has 1 N–H and O–H groups in total. The van der Waals surface area contributed by atoms with Crippen LogP contribution in [0, 0.1) is 0 Å². The average molecular weight is 286 g/mol. The van der Waals surface area contributed by atoms with Gasteiger partial charge in [0.1, 0.15) is 6.10 Å². The summed E-state index contributed by atoms with van der Waals surface area (Å²) in [5.74, 6) is 1.32. The molecule has 0 radical (unpaired) electrons. The van der Waals surface area contributed by atoms with Gasteiger partial charge in [0.05, 0.1) is 25.3 Å². The Morgan fingerprint density at radius 3 is 2.74 bits per heavy atom. The zero-order valence-electron chi connectivity index (χ0n) is 11.4. The smallest absolute Gasteiger partial charge is 0.180 e. The quantitative estimate of drug-likeness (QED) is 0.903. The number of hydrogen-bond acceptors (Lipinski definition) is 4. The lowest BCUT2D eigenvalue weighted by atomic mass is 10.1. The second kappa shape index (κ2) is 6.98. The normalized spacial score (nSPS) is 16.4.